The van der Waals surface area contributed by atoms with Crippen LogP contribution in [0.1, 0.15) is 63.8 Å². The van der Waals surface area contributed by atoms with Crippen molar-refractivity contribution in [3.63, 3.8) is 0 Å². The first-order valence-electron chi connectivity index (χ1n) is 7.46. The monoisotopic (exact) mass is 259 g/mol. The van der Waals surface area contributed by atoms with Gasteiger partial charge in [-0.15, -0.1) is 0 Å². The minimum absolute atomic E-state index is 0.321. The molecule has 2 unspecified atom stereocenters. The Balaban J connectivity index is 2.44. The second-order valence-corrected chi connectivity index (χ2v) is 5.24. The van der Waals surface area contributed by atoms with Crippen LogP contribution in [0, 0.1) is 0 Å². The summed E-state index contributed by atoms with van der Waals surface area (Å²) in [6.07, 6.45) is 2.19. The standard InChI is InChI=1S/C17H25NO/c1-5-12(4)14-10-8-9-13-11-16(19-17(13)14)15(6-2)18-7-3/h8-12,15,18H,5-7H2,1-4H3. The van der Waals surface area contributed by atoms with Crippen molar-refractivity contribution in [3.8, 4) is 0 Å². The highest BCUT2D eigenvalue weighted by Gasteiger charge is 2.16. The molecule has 19 heavy (non-hydrogen) atoms. The highest BCUT2D eigenvalue weighted by atomic mass is 16.3. The number of rotatable bonds is 6. The molecule has 1 aromatic carbocycles. The van der Waals surface area contributed by atoms with Crippen LogP contribution in [0.3, 0.4) is 0 Å². The van der Waals surface area contributed by atoms with Gasteiger partial charge in [-0.05, 0) is 36.9 Å². The fourth-order valence-corrected chi connectivity index (χ4v) is 2.58. The molecule has 0 saturated heterocycles. The molecule has 0 aliphatic carbocycles. The number of hydrogen-bond donors (Lipinski definition) is 1. The predicted molar refractivity (Wildman–Crippen MR) is 81.6 cm³/mol. The minimum Gasteiger partial charge on any atom is -0.459 e. The maximum absolute atomic E-state index is 6.17. The molecule has 1 N–H and O–H groups in total. The van der Waals surface area contributed by atoms with Gasteiger partial charge >= 0.3 is 0 Å². The van der Waals surface area contributed by atoms with Crippen LogP contribution in [0.5, 0.6) is 0 Å². The van der Waals surface area contributed by atoms with Crippen LogP contribution in [0.25, 0.3) is 11.0 Å². The zero-order valence-corrected chi connectivity index (χ0v) is 12.5. The van der Waals surface area contributed by atoms with E-state index in [0.717, 1.165) is 30.7 Å². The fourth-order valence-electron chi connectivity index (χ4n) is 2.58. The fraction of sp³-hybridized carbons (Fsp3) is 0.529. The largest absolute Gasteiger partial charge is 0.459 e. The molecule has 2 nitrogen and oxygen atoms in total. The van der Waals surface area contributed by atoms with Gasteiger partial charge < -0.3 is 9.73 Å². The second-order valence-electron chi connectivity index (χ2n) is 5.24. The summed E-state index contributed by atoms with van der Waals surface area (Å²) in [5.41, 5.74) is 2.40. The Morgan fingerprint density at radius 3 is 2.58 bits per heavy atom. The summed E-state index contributed by atoms with van der Waals surface area (Å²) >= 11 is 0. The van der Waals surface area contributed by atoms with Crippen LogP contribution in [0.4, 0.5) is 0 Å². The van der Waals surface area contributed by atoms with E-state index in [9.17, 15) is 0 Å². The Labute approximate surface area is 116 Å². The van der Waals surface area contributed by atoms with Crippen molar-refractivity contribution in [2.45, 2.75) is 52.5 Å². The first-order valence-corrected chi connectivity index (χ1v) is 7.46. The number of para-hydroxylation sites is 1. The summed E-state index contributed by atoms with van der Waals surface area (Å²) in [7, 11) is 0. The van der Waals surface area contributed by atoms with Crippen LogP contribution in [0.2, 0.25) is 0 Å². The summed E-state index contributed by atoms with van der Waals surface area (Å²) in [6.45, 7) is 9.78. The lowest BCUT2D eigenvalue weighted by Crippen LogP contribution is -2.19. The van der Waals surface area contributed by atoms with E-state index in [4.69, 9.17) is 4.42 Å². The molecule has 2 heteroatoms. The Morgan fingerprint density at radius 1 is 1.16 bits per heavy atom. The summed E-state index contributed by atoms with van der Waals surface area (Å²) in [5.74, 6) is 1.61. The smallest absolute Gasteiger partial charge is 0.137 e. The minimum atomic E-state index is 0.321. The van der Waals surface area contributed by atoms with Crippen molar-refractivity contribution in [1.82, 2.24) is 5.32 Å². The Hall–Kier alpha value is -1.28. The SMILES string of the molecule is CCNC(CC)c1cc2cccc(C(C)CC)c2o1. The van der Waals surface area contributed by atoms with E-state index in [2.05, 4.69) is 57.3 Å². The van der Waals surface area contributed by atoms with Gasteiger partial charge in [0, 0.05) is 5.39 Å². The Morgan fingerprint density at radius 2 is 1.95 bits per heavy atom. The van der Waals surface area contributed by atoms with Gasteiger partial charge in [0.2, 0.25) is 0 Å². The van der Waals surface area contributed by atoms with Crippen molar-refractivity contribution in [2.24, 2.45) is 0 Å². The second kappa shape index (κ2) is 6.25. The summed E-state index contributed by atoms with van der Waals surface area (Å²) in [4.78, 5) is 0. The molecule has 2 atom stereocenters. The average Bonchev–Trinajstić information content (AvgIpc) is 2.87. The van der Waals surface area contributed by atoms with Gasteiger partial charge in [-0.3, -0.25) is 0 Å². The molecular formula is C17H25NO. The first kappa shape index (κ1) is 14.1. The molecule has 2 aromatic rings. The highest BCUT2D eigenvalue weighted by molar-refractivity contribution is 5.81. The number of hydrogen-bond acceptors (Lipinski definition) is 2. The third-order valence-electron chi connectivity index (χ3n) is 3.94. The number of benzene rings is 1. The Bertz CT molecular complexity index is 529. The van der Waals surface area contributed by atoms with Crippen molar-refractivity contribution in [1.29, 1.82) is 0 Å². The summed E-state index contributed by atoms with van der Waals surface area (Å²) < 4.78 is 6.17. The molecule has 0 fully saturated rings. The first-order chi connectivity index (χ1) is 9.21. The highest BCUT2D eigenvalue weighted by Crippen LogP contribution is 2.32. The van der Waals surface area contributed by atoms with Gasteiger partial charge in [-0.1, -0.05) is 45.9 Å². The van der Waals surface area contributed by atoms with Crippen LogP contribution in [-0.2, 0) is 0 Å². The molecule has 2 rings (SSSR count). The Kier molecular flexibility index (Phi) is 4.65. The average molecular weight is 259 g/mol. The van der Waals surface area contributed by atoms with Gasteiger partial charge in [0.1, 0.15) is 11.3 Å². The third-order valence-corrected chi connectivity index (χ3v) is 3.94. The molecule has 0 amide bonds. The molecule has 1 aromatic heterocycles. The molecule has 0 aliphatic rings. The zero-order valence-electron chi connectivity index (χ0n) is 12.5. The molecule has 0 radical (unpaired) electrons. The third kappa shape index (κ3) is 2.84. The van der Waals surface area contributed by atoms with Crippen molar-refractivity contribution < 1.29 is 4.42 Å². The van der Waals surface area contributed by atoms with Gasteiger partial charge in [-0.2, -0.15) is 0 Å². The van der Waals surface area contributed by atoms with Crippen molar-refractivity contribution in [3.05, 3.63) is 35.6 Å². The van der Waals surface area contributed by atoms with Crippen molar-refractivity contribution in [2.75, 3.05) is 6.54 Å². The zero-order chi connectivity index (χ0) is 13.8. The maximum Gasteiger partial charge on any atom is 0.137 e. The van der Waals surface area contributed by atoms with Gasteiger partial charge in [-0.25, -0.2) is 0 Å². The summed E-state index contributed by atoms with van der Waals surface area (Å²) in [6, 6.07) is 8.99. The normalized spacial score (nSPS) is 14.7. The van der Waals surface area contributed by atoms with E-state index < -0.39 is 0 Å². The molecule has 104 valence electrons. The van der Waals surface area contributed by atoms with Crippen LogP contribution in [-0.4, -0.2) is 6.54 Å². The van der Waals surface area contributed by atoms with E-state index in [1.807, 2.05) is 0 Å². The molecule has 0 saturated carbocycles. The number of nitrogens with one attached hydrogen (secondary N) is 1. The maximum atomic E-state index is 6.17. The lowest BCUT2D eigenvalue weighted by Gasteiger charge is -2.12. The number of furan rings is 1. The van der Waals surface area contributed by atoms with Crippen LogP contribution >= 0.6 is 0 Å². The lowest BCUT2D eigenvalue weighted by molar-refractivity contribution is 0.426. The quantitative estimate of drug-likeness (QED) is 0.789. The molecule has 0 spiro atoms. The van der Waals surface area contributed by atoms with Crippen LogP contribution < -0.4 is 5.32 Å². The van der Waals surface area contributed by atoms with Gasteiger partial charge in [0.05, 0.1) is 6.04 Å². The molecule has 0 bridgehead atoms. The molecule has 1 heterocycles. The van der Waals surface area contributed by atoms with E-state index in [1.165, 1.54) is 10.9 Å². The van der Waals surface area contributed by atoms with E-state index in [-0.39, 0.29) is 0 Å². The van der Waals surface area contributed by atoms with E-state index >= 15 is 0 Å². The molecular weight excluding hydrogens is 234 g/mol. The van der Waals surface area contributed by atoms with Gasteiger partial charge in [0.15, 0.2) is 0 Å². The predicted octanol–water partition coefficient (Wildman–Crippen LogP) is 5.01. The molecule has 0 aliphatic heterocycles. The summed E-state index contributed by atoms with van der Waals surface area (Å²) in [5, 5.41) is 4.70. The van der Waals surface area contributed by atoms with Crippen molar-refractivity contribution >= 4 is 11.0 Å². The van der Waals surface area contributed by atoms with Gasteiger partial charge in [0.25, 0.3) is 0 Å². The van der Waals surface area contributed by atoms with E-state index in [0.29, 0.717) is 12.0 Å². The van der Waals surface area contributed by atoms with Crippen LogP contribution in [0.15, 0.2) is 28.7 Å². The number of fused-ring (bicyclic) bond motifs is 1. The van der Waals surface area contributed by atoms with E-state index in [1.54, 1.807) is 0 Å². The topological polar surface area (TPSA) is 25.2 Å². The lowest BCUT2D eigenvalue weighted by atomic mass is 9.97.